The molecule has 18 heavy (non-hydrogen) atoms. The van der Waals surface area contributed by atoms with E-state index in [9.17, 15) is 17.6 Å². The van der Waals surface area contributed by atoms with Gasteiger partial charge in [0.1, 0.15) is 11.6 Å². The van der Waals surface area contributed by atoms with Gasteiger partial charge < -0.3 is 15.7 Å². The van der Waals surface area contributed by atoms with Crippen molar-refractivity contribution in [3.05, 3.63) is 29.6 Å². The van der Waals surface area contributed by atoms with Gasteiger partial charge in [-0.05, 0) is 25.1 Å². The number of ether oxygens (including phenoxy) is 1. The second-order valence-electron chi connectivity index (χ2n) is 3.42. The van der Waals surface area contributed by atoms with E-state index in [1.54, 1.807) is 0 Å². The molecule has 0 aromatic heterocycles. The van der Waals surface area contributed by atoms with Crippen molar-refractivity contribution in [2.75, 3.05) is 0 Å². The van der Waals surface area contributed by atoms with Crippen molar-refractivity contribution in [2.24, 2.45) is 10.9 Å². The van der Waals surface area contributed by atoms with Gasteiger partial charge in [-0.1, -0.05) is 5.16 Å². The van der Waals surface area contributed by atoms with E-state index in [4.69, 9.17) is 15.7 Å². The molecule has 3 N–H and O–H groups in total. The Morgan fingerprint density at radius 2 is 2.06 bits per heavy atom. The number of rotatable bonds is 3. The number of hydrogen-bond acceptors (Lipinski definition) is 3. The number of oxime groups is 1. The van der Waals surface area contributed by atoms with Crippen molar-refractivity contribution in [1.82, 2.24) is 0 Å². The zero-order chi connectivity index (χ0) is 13.9. The molecular weight excluding hydrogens is 256 g/mol. The summed E-state index contributed by atoms with van der Waals surface area (Å²) in [7, 11) is 0. The molecule has 0 aliphatic heterocycles. The third kappa shape index (κ3) is 3.25. The molecule has 0 heterocycles. The average Bonchev–Trinajstić information content (AvgIpc) is 2.29. The predicted octanol–water partition coefficient (Wildman–Crippen LogP) is 2.36. The van der Waals surface area contributed by atoms with E-state index in [2.05, 4.69) is 5.16 Å². The van der Waals surface area contributed by atoms with E-state index in [0.29, 0.717) is 12.1 Å². The van der Waals surface area contributed by atoms with Crippen molar-refractivity contribution >= 4 is 5.84 Å². The van der Waals surface area contributed by atoms with Crippen molar-refractivity contribution in [3.63, 3.8) is 0 Å². The van der Waals surface area contributed by atoms with Gasteiger partial charge in [-0.2, -0.15) is 13.2 Å². The predicted molar refractivity (Wildman–Crippen MR) is 54.9 cm³/mol. The molecule has 0 spiro atoms. The molecule has 1 rings (SSSR count). The van der Waals surface area contributed by atoms with Crippen molar-refractivity contribution in [3.8, 4) is 5.75 Å². The average molecular weight is 266 g/mol. The number of hydrogen-bond donors (Lipinski definition) is 2. The normalized spacial score (nSPS) is 14.4. The second-order valence-corrected chi connectivity index (χ2v) is 3.42. The van der Waals surface area contributed by atoms with Gasteiger partial charge in [0.2, 0.25) is 0 Å². The molecule has 0 amide bonds. The van der Waals surface area contributed by atoms with Crippen molar-refractivity contribution < 1.29 is 27.5 Å². The highest BCUT2D eigenvalue weighted by atomic mass is 19.4. The Bertz CT molecular complexity index is 460. The molecule has 0 aliphatic carbocycles. The highest BCUT2D eigenvalue weighted by molar-refractivity contribution is 5.84. The van der Waals surface area contributed by atoms with E-state index in [1.165, 1.54) is 6.92 Å². The van der Waals surface area contributed by atoms with Crippen LogP contribution in [0.4, 0.5) is 17.6 Å². The maximum Gasteiger partial charge on any atom is 0.419 e. The molecule has 1 atom stereocenters. The van der Waals surface area contributed by atoms with Gasteiger partial charge in [0.15, 0.2) is 11.9 Å². The summed E-state index contributed by atoms with van der Waals surface area (Å²) < 4.78 is 55.2. The molecule has 1 unspecified atom stereocenters. The second kappa shape index (κ2) is 5.11. The van der Waals surface area contributed by atoms with Crippen LogP contribution in [-0.2, 0) is 6.18 Å². The lowest BCUT2D eigenvalue weighted by atomic mass is 10.2. The summed E-state index contributed by atoms with van der Waals surface area (Å²) in [6, 6.07) is 2.17. The largest absolute Gasteiger partial charge is 0.483 e. The topological polar surface area (TPSA) is 67.8 Å². The minimum absolute atomic E-state index is 0.233. The van der Waals surface area contributed by atoms with Crippen LogP contribution in [0, 0.1) is 5.82 Å². The summed E-state index contributed by atoms with van der Waals surface area (Å²) in [6.07, 6.45) is -5.76. The zero-order valence-electron chi connectivity index (χ0n) is 9.20. The SMILES string of the molecule is CC(Oc1ccc(F)c(C(F)(F)F)c1)/C(N)=N/O. The minimum atomic E-state index is -4.82. The number of nitrogens with two attached hydrogens (primary N) is 1. The summed E-state index contributed by atoms with van der Waals surface area (Å²) in [4.78, 5) is 0. The van der Waals surface area contributed by atoms with Gasteiger partial charge in [0.05, 0.1) is 5.56 Å². The van der Waals surface area contributed by atoms with E-state index < -0.39 is 23.7 Å². The van der Waals surface area contributed by atoms with Gasteiger partial charge >= 0.3 is 6.18 Å². The van der Waals surface area contributed by atoms with E-state index in [0.717, 1.165) is 6.07 Å². The van der Waals surface area contributed by atoms with Gasteiger partial charge in [0, 0.05) is 0 Å². The van der Waals surface area contributed by atoms with Crippen LogP contribution in [0.25, 0.3) is 0 Å². The Labute approximate surface area is 99.7 Å². The van der Waals surface area contributed by atoms with Crippen LogP contribution in [0.2, 0.25) is 0 Å². The molecule has 4 nitrogen and oxygen atoms in total. The Balaban J connectivity index is 3.00. The number of alkyl halides is 3. The third-order valence-electron chi connectivity index (χ3n) is 2.09. The fourth-order valence-corrected chi connectivity index (χ4v) is 1.14. The standard InChI is InChI=1S/C10H10F4N2O2/c1-5(9(15)16-17)18-6-2-3-8(11)7(4-6)10(12,13)14/h2-5,17H,1H3,(H2,15,16). The maximum absolute atomic E-state index is 13.0. The van der Waals surface area contributed by atoms with E-state index >= 15 is 0 Å². The summed E-state index contributed by atoms with van der Waals surface area (Å²) >= 11 is 0. The van der Waals surface area contributed by atoms with Crippen LogP contribution < -0.4 is 10.5 Å². The van der Waals surface area contributed by atoms with Crippen LogP contribution >= 0.6 is 0 Å². The van der Waals surface area contributed by atoms with Crippen LogP contribution in [-0.4, -0.2) is 17.1 Å². The Hall–Kier alpha value is -1.99. The number of amidine groups is 1. The molecule has 0 saturated heterocycles. The lowest BCUT2D eigenvalue weighted by Gasteiger charge is -2.15. The van der Waals surface area contributed by atoms with E-state index in [-0.39, 0.29) is 11.6 Å². The number of halogens is 4. The highest BCUT2D eigenvalue weighted by Gasteiger charge is 2.34. The minimum Gasteiger partial charge on any atom is -0.483 e. The first-order valence-electron chi connectivity index (χ1n) is 4.76. The van der Waals surface area contributed by atoms with Crippen LogP contribution in [0.5, 0.6) is 5.75 Å². The van der Waals surface area contributed by atoms with Crippen LogP contribution in [0.1, 0.15) is 12.5 Å². The van der Waals surface area contributed by atoms with Gasteiger partial charge in [-0.15, -0.1) is 0 Å². The molecule has 0 aliphatic rings. The van der Waals surface area contributed by atoms with E-state index in [1.807, 2.05) is 0 Å². The molecule has 0 bridgehead atoms. The molecule has 1 aromatic rings. The van der Waals surface area contributed by atoms with Gasteiger partial charge in [0.25, 0.3) is 0 Å². The first-order valence-corrected chi connectivity index (χ1v) is 4.76. The lowest BCUT2D eigenvalue weighted by Crippen LogP contribution is -2.31. The maximum atomic E-state index is 13.0. The Morgan fingerprint density at radius 3 is 2.56 bits per heavy atom. The molecule has 100 valence electrons. The third-order valence-corrected chi connectivity index (χ3v) is 2.09. The summed E-state index contributed by atoms with van der Waals surface area (Å²) in [5.74, 6) is -1.94. The molecule has 1 aromatic carbocycles. The molecule has 0 fully saturated rings. The fourth-order valence-electron chi connectivity index (χ4n) is 1.14. The highest BCUT2D eigenvalue weighted by Crippen LogP contribution is 2.33. The molecule has 8 heteroatoms. The van der Waals surface area contributed by atoms with Crippen LogP contribution in [0.3, 0.4) is 0 Å². The summed E-state index contributed by atoms with van der Waals surface area (Å²) in [6.45, 7) is 1.37. The van der Waals surface area contributed by atoms with Gasteiger partial charge in [-0.25, -0.2) is 4.39 Å². The fraction of sp³-hybridized carbons (Fsp3) is 0.300. The van der Waals surface area contributed by atoms with Crippen LogP contribution in [0.15, 0.2) is 23.4 Å². The number of benzene rings is 1. The summed E-state index contributed by atoms with van der Waals surface area (Å²) in [5, 5.41) is 11.0. The van der Waals surface area contributed by atoms with Crippen molar-refractivity contribution in [2.45, 2.75) is 19.2 Å². The first kappa shape index (κ1) is 14.1. The Kier molecular flexibility index (Phi) is 4.00. The molecular formula is C10H10F4N2O2. The lowest BCUT2D eigenvalue weighted by molar-refractivity contribution is -0.140. The Morgan fingerprint density at radius 1 is 1.44 bits per heavy atom. The number of nitrogens with zero attached hydrogens (tertiary/aromatic N) is 1. The smallest absolute Gasteiger partial charge is 0.419 e. The first-order chi connectivity index (χ1) is 8.25. The molecule has 0 radical (unpaired) electrons. The molecule has 0 saturated carbocycles. The quantitative estimate of drug-likeness (QED) is 0.290. The monoisotopic (exact) mass is 266 g/mol. The van der Waals surface area contributed by atoms with Crippen molar-refractivity contribution in [1.29, 1.82) is 0 Å². The van der Waals surface area contributed by atoms with Gasteiger partial charge in [-0.3, -0.25) is 0 Å². The summed E-state index contributed by atoms with van der Waals surface area (Å²) in [5.41, 5.74) is 3.76. The zero-order valence-corrected chi connectivity index (χ0v) is 9.20.